The van der Waals surface area contributed by atoms with Crippen LogP contribution >= 0.6 is 0 Å². The first-order chi connectivity index (χ1) is 7.27. The second kappa shape index (κ2) is 6.01. The Bertz CT molecular complexity index is 342. The Balaban J connectivity index is 2.64. The average molecular weight is 208 g/mol. The third-order valence-corrected chi connectivity index (χ3v) is 2.07. The van der Waals surface area contributed by atoms with Gasteiger partial charge in [0.15, 0.2) is 0 Å². The molecule has 4 nitrogen and oxygen atoms in total. The van der Waals surface area contributed by atoms with Crippen LogP contribution in [0.15, 0.2) is 18.5 Å². The first kappa shape index (κ1) is 11.5. The average Bonchev–Trinajstić information content (AvgIpc) is 2.70. The molecular formula is C11H16N2O2. The van der Waals surface area contributed by atoms with Crippen LogP contribution in [0.4, 0.5) is 0 Å². The normalized spacial score (nSPS) is 10.8. The van der Waals surface area contributed by atoms with Crippen molar-refractivity contribution in [2.75, 3.05) is 7.11 Å². The maximum Gasteiger partial charge on any atom is 0.330 e. The minimum absolute atomic E-state index is 0.361. The first-order valence-corrected chi connectivity index (χ1v) is 5.05. The zero-order valence-corrected chi connectivity index (χ0v) is 9.14. The lowest BCUT2D eigenvalue weighted by atomic mass is 10.3. The summed E-state index contributed by atoms with van der Waals surface area (Å²) in [7, 11) is 1.36. The number of methoxy groups -OCH3 is 1. The van der Waals surface area contributed by atoms with E-state index in [1.165, 1.54) is 13.2 Å². The molecule has 0 aliphatic rings. The number of rotatable bonds is 5. The van der Waals surface area contributed by atoms with Gasteiger partial charge in [-0.05, 0) is 12.5 Å². The maximum absolute atomic E-state index is 10.9. The lowest BCUT2D eigenvalue weighted by Crippen LogP contribution is -2.00. The molecule has 0 aliphatic heterocycles. The van der Waals surface area contributed by atoms with Crippen molar-refractivity contribution in [1.82, 2.24) is 9.55 Å². The Morgan fingerprint density at radius 1 is 1.67 bits per heavy atom. The van der Waals surface area contributed by atoms with E-state index in [0.29, 0.717) is 0 Å². The van der Waals surface area contributed by atoms with E-state index in [9.17, 15) is 4.79 Å². The van der Waals surface area contributed by atoms with Crippen LogP contribution in [0.3, 0.4) is 0 Å². The number of aryl methyl sites for hydroxylation is 1. The number of esters is 1. The highest BCUT2D eigenvalue weighted by Gasteiger charge is 1.99. The Morgan fingerprint density at radius 3 is 3.13 bits per heavy atom. The topological polar surface area (TPSA) is 44.1 Å². The van der Waals surface area contributed by atoms with E-state index >= 15 is 0 Å². The molecule has 0 fully saturated rings. The van der Waals surface area contributed by atoms with Gasteiger partial charge >= 0.3 is 5.97 Å². The number of carbonyl (C=O) groups is 1. The van der Waals surface area contributed by atoms with Gasteiger partial charge in [0.2, 0.25) is 0 Å². The van der Waals surface area contributed by atoms with Gasteiger partial charge in [0.25, 0.3) is 0 Å². The van der Waals surface area contributed by atoms with Gasteiger partial charge in [-0.2, -0.15) is 0 Å². The lowest BCUT2D eigenvalue weighted by molar-refractivity contribution is -0.134. The van der Waals surface area contributed by atoms with E-state index in [1.807, 2.05) is 10.8 Å². The highest BCUT2D eigenvalue weighted by Crippen LogP contribution is 2.03. The van der Waals surface area contributed by atoms with Crippen LogP contribution in [0.2, 0.25) is 0 Å². The van der Waals surface area contributed by atoms with Crippen LogP contribution in [-0.4, -0.2) is 22.6 Å². The van der Waals surface area contributed by atoms with Crippen LogP contribution in [-0.2, 0) is 16.1 Å². The quantitative estimate of drug-likeness (QED) is 0.548. The zero-order chi connectivity index (χ0) is 11.1. The molecular weight excluding hydrogens is 192 g/mol. The van der Waals surface area contributed by atoms with Crippen molar-refractivity contribution in [3.05, 3.63) is 24.3 Å². The van der Waals surface area contributed by atoms with Crippen molar-refractivity contribution < 1.29 is 9.53 Å². The minimum atomic E-state index is -0.361. The third-order valence-electron chi connectivity index (χ3n) is 2.07. The number of hydrogen-bond acceptors (Lipinski definition) is 3. The van der Waals surface area contributed by atoms with E-state index in [2.05, 4.69) is 16.6 Å². The van der Waals surface area contributed by atoms with Gasteiger partial charge in [-0.3, -0.25) is 0 Å². The molecule has 0 unspecified atom stereocenters. The molecule has 0 aromatic carbocycles. The van der Waals surface area contributed by atoms with E-state index < -0.39 is 0 Å². The van der Waals surface area contributed by atoms with Gasteiger partial charge in [0.05, 0.1) is 7.11 Å². The zero-order valence-electron chi connectivity index (χ0n) is 9.14. The fourth-order valence-electron chi connectivity index (χ4n) is 1.21. The molecule has 15 heavy (non-hydrogen) atoms. The van der Waals surface area contributed by atoms with Crippen LogP contribution < -0.4 is 0 Å². The summed E-state index contributed by atoms with van der Waals surface area (Å²) in [4.78, 5) is 15.0. The smallest absolute Gasteiger partial charge is 0.330 e. The van der Waals surface area contributed by atoms with Crippen molar-refractivity contribution in [2.24, 2.45) is 0 Å². The van der Waals surface area contributed by atoms with Crippen LogP contribution in [0.5, 0.6) is 0 Å². The van der Waals surface area contributed by atoms with E-state index in [4.69, 9.17) is 0 Å². The van der Waals surface area contributed by atoms with Gasteiger partial charge < -0.3 is 9.30 Å². The minimum Gasteiger partial charge on any atom is -0.466 e. The summed E-state index contributed by atoms with van der Waals surface area (Å²) in [6.07, 6.45) is 8.93. The molecule has 0 spiro atoms. The molecule has 4 heteroatoms. The first-order valence-electron chi connectivity index (χ1n) is 5.05. The molecule has 1 heterocycles. The molecule has 0 radical (unpaired) electrons. The lowest BCUT2D eigenvalue weighted by Gasteiger charge is -2.02. The Hall–Kier alpha value is -1.58. The van der Waals surface area contributed by atoms with E-state index in [-0.39, 0.29) is 5.97 Å². The summed E-state index contributed by atoms with van der Waals surface area (Å²) in [5, 5.41) is 0. The van der Waals surface area contributed by atoms with Crippen molar-refractivity contribution in [3.8, 4) is 0 Å². The maximum atomic E-state index is 10.9. The summed E-state index contributed by atoms with van der Waals surface area (Å²) in [5.41, 5.74) is 0. The molecule has 0 amide bonds. The van der Waals surface area contributed by atoms with Crippen LogP contribution in [0, 0.1) is 0 Å². The highest BCUT2D eigenvalue weighted by atomic mass is 16.5. The molecule has 0 aliphatic carbocycles. The monoisotopic (exact) mass is 208 g/mol. The van der Waals surface area contributed by atoms with Gasteiger partial charge in [-0.1, -0.05) is 13.3 Å². The number of nitrogens with zero attached hydrogens (tertiary/aromatic N) is 2. The van der Waals surface area contributed by atoms with Crippen LogP contribution in [0.1, 0.15) is 25.6 Å². The Morgan fingerprint density at radius 2 is 2.47 bits per heavy atom. The molecule has 0 saturated heterocycles. The van der Waals surface area contributed by atoms with Gasteiger partial charge in [-0.25, -0.2) is 9.78 Å². The predicted molar refractivity (Wildman–Crippen MR) is 58.2 cm³/mol. The predicted octanol–water partition coefficient (Wildman–Crippen LogP) is 1.87. The summed E-state index contributed by atoms with van der Waals surface area (Å²) < 4.78 is 6.52. The summed E-state index contributed by atoms with van der Waals surface area (Å²) >= 11 is 0. The van der Waals surface area contributed by atoms with Crippen molar-refractivity contribution in [2.45, 2.75) is 26.3 Å². The number of carbonyl (C=O) groups excluding carboxylic acids is 1. The standard InChI is InChI=1S/C11H16N2O2/c1-3-4-8-13-9-7-12-10(13)5-6-11(14)15-2/h5-7,9H,3-4,8H2,1-2H3/b6-5+. The number of ether oxygens (including phenoxy) is 1. The summed E-state index contributed by atoms with van der Waals surface area (Å²) in [5.74, 6) is 0.425. The fraction of sp³-hybridized carbons (Fsp3) is 0.455. The van der Waals surface area contributed by atoms with Crippen LogP contribution in [0.25, 0.3) is 6.08 Å². The molecule has 1 rings (SSSR count). The van der Waals surface area contributed by atoms with E-state index in [1.54, 1.807) is 12.3 Å². The summed E-state index contributed by atoms with van der Waals surface area (Å²) in [6, 6.07) is 0. The molecule has 0 saturated carbocycles. The number of hydrogen-bond donors (Lipinski definition) is 0. The van der Waals surface area contributed by atoms with E-state index in [0.717, 1.165) is 25.2 Å². The Labute approximate surface area is 89.6 Å². The summed E-state index contributed by atoms with van der Waals surface area (Å²) in [6.45, 7) is 3.07. The van der Waals surface area contributed by atoms with Gasteiger partial charge in [-0.15, -0.1) is 0 Å². The number of unbranched alkanes of at least 4 members (excludes halogenated alkanes) is 1. The van der Waals surface area contributed by atoms with Crippen molar-refractivity contribution in [3.63, 3.8) is 0 Å². The molecule has 1 aromatic heterocycles. The fourth-order valence-corrected chi connectivity index (χ4v) is 1.21. The Kier molecular flexibility index (Phi) is 4.60. The van der Waals surface area contributed by atoms with Crippen molar-refractivity contribution in [1.29, 1.82) is 0 Å². The SMILES string of the molecule is CCCCn1ccnc1/C=C/C(=O)OC. The number of aromatic nitrogens is 2. The highest BCUT2D eigenvalue weighted by molar-refractivity contribution is 5.86. The second-order valence-corrected chi connectivity index (χ2v) is 3.19. The number of imidazole rings is 1. The van der Waals surface area contributed by atoms with Gasteiger partial charge in [0.1, 0.15) is 5.82 Å². The molecule has 1 aromatic rings. The van der Waals surface area contributed by atoms with Crippen molar-refractivity contribution >= 4 is 12.0 Å². The third kappa shape index (κ3) is 3.58. The second-order valence-electron chi connectivity index (χ2n) is 3.19. The largest absolute Gasteiger partial charge is 0.466 e. The molecule has 0 bridgehead atoms. The van der Waals surface area contributed by atoms with Gasteiger partial charge in [0, 0.05) is 25.0 Å². The molecule has 0 atom stereocenters. The molecule has 0 N–H and O–H groups in total. The molecule has 82 valence electrons.